The Kier molecular flexibility index (Phi) is 3.87. The van der Waals surface area contributed by atoms with Crippen molar-refractivity contribution in [3.8, 4) is 0 Å². The van der Waals surface area contributed by atoms with E-state index < -0.39 is 0 Å². The second-order valence-electron chi connectivity index (χ2n) is 4.94. The van der Waals surface area contributed by atoms with Gasteiger partial charge in [0.15, 0.2) is 0 Å². The van der Waals surface area contributed by atoms with E-state index in [1.807, 2.05) is 20.0 Å². The topological polar surface area (TPSA) is 58.4 Å². The Morgan fingerprint density at radius 2 is 2.28 bits per heavy atom. The van der Waals surface area contributed by atoms with Crippen molar-refractivity contribution in [3.05, 3.63) is 29.8 Å². The molecule has 0 aliphatic carbocycles. The second-order valence-corrected chi connectivity index (χ2v) is 4.94. The standard InChI is InChI=1S/C14H21N3O/c1-10(14(15)18)9-17-8-7-12(16-2)11-5-3-4-6-13(11)17/h3-6,10,12,16H,7-9H2,1-2H3,(H2,15,18). The van der Waals surface area contributed by atoms with Gasteiger partial charge in [0.25, 0.3) is 0 Å². The zero-order chi connectivity index (χ0) is 13.1. The maximum absolute atomic E-state index is 11.2. The monoisotopic (exact) mass is 247 g/mol. The molecule has 1 aromatic carbocycles. The summed E-state index contributed by atoms with van der Waals surface area (Å²) in [5, 5.41) is 3.34. The van der Waals surface area contributed by atoms with Crippen molar-refractivity contribution in [2.75, 3.05) is 25.0 Å². The van der Waals surface area contributed by atoms with Gasteiger partial charge in [0.1, 0.15) is 0 Å². The van der Waals surface area contributed by atoms with E-state index in [-0.39, 0.29) is 11.8 Å². The largest absolute Gasteiger partial charge is 0.370 e. The molecule has 3 N–H and O–H groups in total. The molecule has 4 heteroatoms. The van der Waals surface area contributed by atoms with Gasteiger partial charge in [-0.3, -0.25) is 4.79 Å². The molecule has 0 bridgehead atoms. The van der Waals surface area contributed by atoms with Crippen LogP contribution in [0.5, 0.6) is 0 Å². The summed E-state index contributed by atoms with van der Waals surface area (Å²) < 4.78 is 0. The predicted octanol–water partition coefficient (Wildman–Crippen LogP) is 1.28. The molecule has 2 atom stereocenters. The third-order valence-electron chi connectivity index (χ3n) is 3.67. The summed E-state index contributed by atoms with van der Waals surface area (Å²) in [6, 6.07) is 8.77. The number of hydrogen-bond donors (Lipinski definition) is 2. The van der Waals surface area contributed by atoms with Crippen molar-refractivity contribution in [2.24, 2.45) is 11.7 Å². The molecule has 1 aliphatic heterocycles. The Morgan fingerprint density at radius 3 is 2.94 bits per heavy atom. The summed E-state index contributed by atoms with van der Waals surface area (Å²) in [5.41, 5.74) is 7.88. The van der Waals surface area contributed by atoms with Crippen molar-refractivity contribution in [3.63, 3.8) is 0 Å². The lowest BCUT2D eigenvalue weighted by atomic mass is 9.95. The Balaban J connectivity index is 2.22. The zero-order valence-electron chi connectivity index (χ0n) is 11.0. The number of nitrogens with one attached hydrogen (secondary N) is 1. The molecular weight excluding hydrogens is 226 g/mol. The second kappa shape index (κ2) is 5.40. The van der Waals surface area contributed by atoms with Crippen LogP contribution in [0.15, 0.2) is 24.3 Å². The van der Waals surface area contributed by atoms with Gasteiger partial charge < -0.3 is 16.0 Å². The molecule has 1 aromatic rings. The van der Waals surface area contributed by atoms with Crippen LogP contribution in [0.4, 0.5) is 5.69 Å². The van der Waals surface area contributed by atoms with Crippen LogP contribution in [0.25, 0.3) is 0 Å². The van der Waals surface area contributed by atoms with Crippen LogP contribution in [-0.2, 0) is 4.79 Å². The number of primary amides is 1. The zero-order valence-corrected chi connectivity index (χ0v) is 11.0. The van der Waals surface area contributed by atoms with E-state index in [1.165, 1.54) is 11.3 Å². The van der Waals surface area contributed by atoms with E-state index in [4.69, 9.17) is 5.73 Å². The van der Waals surface area contributed by atoms with Crippen LogP contribution >= 0.6 is 0 Å². The van der Waals surface area contributed by atoms with Crippen molar-refractivity contribution >= 4 is 11.6 Å². The van der Waals surface area contributed by atoms with Gasteiger partial charge in [-0.15, -0.1) is 0 Å². The number of benzene rings is 1. The van der Waals surface area contributed by atoms with Gasteiger partial charge in [0.2, 0.25) is 5.91 Å². The molecule has 0 saturated heterocycles. The van der Waals surface area contributed by atoms with Crippen LogP contribution in [-0.4, -0.2) is 26.0 Å². The average molecular weight is 247 g/mol. The number of hydrogen-bond acceptors (Lipinski definition) is 3. The third-order valence-corrected chi connectivity index (χ3v) is 3.67. The molecule has 98 valence electrons. The highest BCUT2D eigenvalue weighted by atomic mass is 16.1. The summed E-state index contributed by atoms with van der Waals surface area (Å²) in [4.78, 5) is 13.5. The number of rotatable bonds is 4. The maximum Gasteiger partial charge on any atom is 0.222 e. The highest BCUT2D eigenvalue weighted by molar-refractivity contribution is 5.77. The summed E-state index contributed by atoms with van der Waals surface area (Å²) >= 11 is 0. The predicted molar refractivity (Wildman–Crippen MR) is 73.4 cm³/mol. The van der Waals surface area contributed by atoms with E-state index in [9.17, 15) is 4.79 Å². The van der Waals surface area contributed by atoms with Crippen LogP contribution in [0.2, 0.25) is 0 Å². The summed E-state index contributed by atoms with van der Waals surface area (Å²) in [6.45, 7) is 3.54. The van der Waals surface area contributed by atoms with Crippen molar-refractivity contribution in [1.29, 1.82) is 0 Å². The number of nitrogens with zero attached hydrogens (tertiary/aromatic N) is 1. The molecule has 1 aliphatic rings. The van der Waals surface area contributed by atoms with Gasteiger partial charge in [-0.25, -0.2) is 0 Å². The highest BCUT2D eigenvalue weighted by Gasteiger charge is 2.25. The molecule has 2 unspecified atom stereocenters. The highest BCUT2D eigenvalue weighted by Crippen LogP contribution is 2.33. The number of amides is 1. The first-order valence-electron chi connectivity index (χ1n) is 6.44. The Bertz CT molecular complexity index is 433. The first-order chi connectivity index (χ1) is 8.63. The lowest BCUT2D eigenvalue weighted by Gasteiger charge is -2.36. The van der Waals surface area contributed by atoms with Crippen molar-refractivity contribution in [2.45, 2.75) is 19.4 Å². The van der Waals surface area contributed by atoms with E-state index in [0.717, 1.165) is 13.0 Å². The lowest BCUT2D eigenvalue weighted by molar-refractivity contribution is -0.121. The van der Waals surface area contributed by atoms with Gasteiger partial charge in [0, 0.05) is 24.8 Å². The van der Waals surface area contributed by atoms with Crippen LogP contribution in [0.3, 0.4) is 0 Å². The molecule has 0 saturated carbocycles. The third kappa shape index (κ3) is 2.48. The van der Waals surface area contributed by atoms with Crippen LogP contribution in [0.1, 0.15) is 24.9 Å². The molecule has 0 spiro atoms. The van der Waals surface area contributed by atoms with E-state index >= 15 is 0 Å². The first kappa shape index (κ1) is 12.9. The molecule has 1 amide bonds. The van der Waals surface area contributed by atoms with Gasteiger partial charge in [-0.2, -0.15) is 0 Å². The van der Waals surface area contributed by atoms with E-state index in [2.05, 4.69) is 28.4 Å². The molecule has 0 fully saturated rings. The van der Waals surface area contributed by atoms with Crippen LogP contribution in [0, 0.1) is 5.92 Å². The van der Waals surface area contributed by atoms with Gasteiger partial charge in [0.05, 0.1) is 5.92 Å². The summed E-state index contributed by atoms with van der Waals surface area (Å²) in [5.74, 6) is -0.354. The minimum atomic E-state index is -0.233. The SMILES string of the molecule is CNC1CCN(CC(C)C(N)=O)c2ccccc21. The fraction of sp³-hybridized carbons (Fsp3) is 0.500. The molecule has 0 radical (unpaired) electrons. The van der Waals surface area contributed by atoms with E-state index in [0.29, 0.717) is 12.6 Å². The average Bonchev–Trinajstić information content (AvgIpc) is 2.39. The Hall–Kier alpha value is -1.55. The number of anilines is 1. The number of nitrogens with two attached hydrogens (primary N) is 1. The van der Waals surface area contributed by atoms with Crippen LogP contribution < -0.4 is 16.0 Å². The molecule has 4 nitrogen and oxygen atoms in total. The molecular formula is C14H21N3O. The van der Waals surface area contributed by atoms with E-state index in [1.54, 1.807) is 0 Å². The fourth-order valence-electron chi connectivity index (χ4n) is 2.54. The van der Waals surface area contributed by atoms with Crippen molar-refractivity contribution < 1.29 is 4.79 Å². The minimum Gasteiger partial charge on any atom is -0.370 e. The minimum absolute atomic E-state index is 0.121. The molecule has 0 aromatic heterocycles. The summed E-state index contributed by atoms with van der Waals surface area (Å²) in [7, 11) is 1.99. The lowest BCUT2D eigenvalue weighted by Crippen LogP contribution is -2.40. The number of carbonyl (C=O) groups excluding carboxylic acids is 1. The number of fused-ring (bicyclic) bond motifs is 1. The molecule has 18 heavy (non-hydrogen) atoms. The molecule has 2 rings (SSSR count). The number of para-hydroxylation sites is 1. The Morgan fingerprint density at radius 1 is 1.56 bits per heavy atom. The fourth-order valence-corrected chi connectivity index (χ4v) is 2.54. The quantitative estimate of drug-likeness (QED) is 0.842. The maximum atomic E-state index is 11.2. The Labute approximate surface area is 108 Å². The normalized spacial score (nSPS) is 20.3. The van der Waals surface area contributed by atoms with Gasteiger partial charge in [-0.05, 0) is 25.1 Å². The van der Waals surface area contributed by atoms with Crippen molar-refractivity contribution in [1.82, 2.24) is 5.32 Å². The van der Waals surface area contributed by atoms with Gasteiger partial charge in [-0.1, -0.05) is 25.1 Å². The number of carbonyl (C=O) groups is 1. The smallest absolute Gasteiger partial charge is 0.222 e. The van der Waals surface area contributed by atoms with Gasteiger partial charge >= 0.3 is 0 Å². The first-order valence-corrected chi connectivity index (χ1v) is 6.44. The molecule has 1 heterocycles. The summed E-state index contributed by atoms with van der Waals surface area (Å²) in [6.07, 6.45) is 1.05.